The SMILES string of the molecule is c1ccc(-n2c3ccccc3n3c4ccccc4nc23)c(-c2nc(-n3c4ccccc4c4ccccc43)cc(-n3c4ccccc4c4cc(-n5c6ccccc6c6ccccc65)ccc43)n2)c1. The third kappa shape index (κ3) is 5.03. The standard InChI is InChI=1S/C59H36N8/c1-8-24-46-38(17-1)39-18-2-9-25-47(39)63(46)37-33-34-52-44(35-37)42-21-5-12-28-50(42)65(52)57-36-56(64-48-26-10-3-19-40(48)41-20-4-11-27-49(41)64)61-58(62-57)43-22-6-13-29-51(43)66-54-31-15-16-32-55(54)67-53-30-14-7-23-45(53)60-59(66)67/h1-36H. The Morgan fingerprint density at radius 3 is 1.30 bits per heavy atom. The van der Waals surface area contributed by atoms with Gasteiger partial charge in [0.2, 0.25) is 5.78 Å². The summed E-state index contributed by atoms with van der Waals surface area (Å²) in [5.74, 6) is 2.97. The zero-order valence-corrected chi connectivity index (χ0v) is 35.9. The molecular formula is C59H36N8. The highest BCUT2D eigenvalue weighted by atomic mass is 15.2. The molecule has 8 nitrogen and oxygen atoms in total. The van der Waals surface area contributed by atoms with Crippen LogP contribution < -0.4 is 0 Å². The predicted octanol–water partition coefficient (Wildman–Crippen LogP) is 14.2. The molecule has 0 fully saturated rings. The Hall–Kier alpha value is -9.27. The second kappa shape index (κ2) is 13.6. The first-order chi connectivity index (χ1) is 33.3. The van der Waals surface area contributed by atoms with Gasteiger partial charge in [-0.25, -0.2) is 15.0 Å². The lowest BCUT2D eigenvalue weighted by Gasteiger charge is -2.16. The van der Waals surface area contributed by atoms with E-state index >= 15 is 0 Å². The van der Waals surface area contributed by atoms with E-state index in [1.165, 1.54) is 32.6 Å². The first-order valence-electron chi connectivity index (χ1n) is 22.6. The summed E-state index contributed by atoms with van der Waals surface area (Å²) in [5, 5.41) is 7.10. The van der Waals surface area contributed by atoms with Crippen molar-refractivity contribution >= 4 is 93.3 Å². The molecule has 0 aliphatic carbocycles. The van der Waals surface area contributed by atoms with Crippen molar-refractivity contribution in [2.24, 2.45) is 0 Å². The molecule has 0 saturated heterocycles. The number of fused-ring (bicyclic) bond motifs is 14. The van der Waals surface area contributed by atoms with E-state index in [0.717, 1.165) is 89.3 Å². The Balaban J connectivity index is 1.03. The summed E-state index contributed by atoms with van der Waals surface area (Å²) < 4.78 is 11.5. The molecule has 15 rings (SSSR count). The van der Waals surface area contributed by atoms with Gasteiger partial charge in [0.15, 0.2) is 5.82 Å². The van der Waals surface area contributed by atoms with Crippen LogP contribution in [0.25, 0.3) is 128 Å². The second-order valence-corrected chi connectivity index (χ2v) is 17.3. The van der Waals surface area contributed by atoms with Crippen LogP contribution in [0.3, 0.4) is 0 Å². The maximum atomic E-state index is 5.64. The van der Waals surface area contributed by atoms with Crippen LogP contribution in [0.2, 0.25) is 0 Å². The summed E-state index contributed by atoms with van der Waals surface area (Å²) >= 11 is 0. The van der Waals surface area contributed by atoms with E-state index in [2.05, 4.69) is 235 Å². The Kier molecular flexibility index (Phi) is 7.34. The van der Waals surface area contributed by atoms with Crippen LogP contribution in [-0.4, -0.2) is 37.6 Å². The third-order valence-electron chi connectivity index (χ3n) is 13.7. The Morgan fingerprint density at radius 1 is 0.284 bits per heavy atom. The van der Waals surface area contributed by atoms with Gasteiger partial charge in [0.1, 0.15) is 11.6 Å². The molecule has 6 heterocycles. The monoisotopic (exact) mass is 856 g/mol. The van der Waals surface area contributed by atoms with Gasteiger partial charge in [0.05, 0.1) is 60.9 Å². The molecule has 312 valence electrons. The number of hydrogen-bond donors (Lipinski definition) is 0. The molecule has 0 bridgehead atoms. The van der Waals surface area contributed by atoms with E-state index in [1.807, 2.05) is 6.07 Å². The minimum atomic E-state index is 0.602. The summed E-state index contributed by atoms with van der Waals surface area (Å²) in [6, 6.07) is 77.6. The largest absolute Gasteiger partial charge is 0.309 e. The normalized spacial score (nSPS) is 12.2. The van der Waals surface area contributed by atoms with Crippen LogP contribution in [0.4, 0.5) is 0 Å². The fourth-order valence-corrected chi connectivity index (χ4v) is 10.9. The Morgan fingerprint density at radius 2 is 0.716 bits per heavy atom. The van der Waals surface area contributed by atoms with E-state index in [0.29, 0.717) is 5.82 Å². The van der Waals surface area contributed by atoms with Crippen LogP contribution in [-0.2, 0) is 0 Å². The third-order valence-corrected chi connectivity index (χ3v) is 13.7. The van der Waals surface area contributed by atoms with Crippen LogP contribution in [0, 0.1) is 0 Å². The summed E-state index contributed by atoms with van der Waals surface area (Å²) in [5.41, 5.74) is 13.7. The highest BCUT2D eigenvalue weighted by molar-refractivity contribution is 6.13. The van der Waals surface area contributed by atoms with Gasteiger partial charge in [-0.15, -0.1) is 0 Å². The minimum Gasteiger partial charge on any atom is -0.309 e. The number of nitrogens with zero attached hydrogens (tertiary/aromatic N) is 8. The molecule has 15 aromatic rings. The summed E-state index contributed by atoms with van der Waals surface area (Å²) in [6.45, 7) is 0. The Bertz CT molecular complexity index is 4430. The molecular weight excluding hydrogens is 821 g/mol. The fraction of sp³-hybridized carbons (Fsp3) is 0. The lowest BCUT2D eigenvalue weighted by Crippen LogP contribution is -2.07. The zero-order chi connectivity index (χ0) is 43.7. The summed E-state index contributed by atoms with van der Waals surface area (Å²) in [4.78, 5) is 16.5. The van der Waals surface area contributed by atoms with E-state index < -0.39 is 0 Å². The molecule has 8 heteroatoms. The van der Waals surface area contributed by atoms with Gasteiger partial charge in [-0.3, -0.25) is 18.1 Å². The van der Waals surface area contributed by atoms with E-state index in [-0.39, 0.29) is 0 Å². The van der Waals surface area contributed by atoms with Crippen molar-refractivity contribution in [3.63, 3.8) is 0 Å². The van der Waals surface area contributed by atoms with Crippen molar-refractivity contribution in [3.8, 4) is 34.4 Å². The molecule has 0 unspecified atom stereocenters. The zero-order valence-electron chi connectivity index (χ0n) is 35.9. The lowest BCUT2D eigenvalue weighted by molar-refractivity contribution is 0.990. The fourth-order valence-electron chi connectivity index (χ4n) is 10.9. The molecule has 0 spiro atoms. The topological polar surface area (TPSA) is 62.8 Å². The van der Waals surface area contributed by atoms with Crippen LogP contribution in [0.1, 0.15) is 0 Å². The van der Waals surface area contributed by atoms with Gasteiger partial charge < -0.3 is 4.57 Å². The van der Waals surface area contributed by atoms with Crippen molar-refractivity contribution in [1.82, 2.24) is 37.6 Å². The summed E-state index contributed by atoms with van der Waals surface area (Å²) in [6.07, 6.45) is 0. The van der Waals surface area contributed by atoms with Crippen LogP contribution >= 0.6 is 0 Å². The van der Waals surface area contributed by atoms with E-state index in [1.54, 1.807) is 0 Å². The molecule has 0 saturated carbocycles. The number of hydrogen-bond acceptors (Lipinski definition) is 3. The first kappa shape index (κ1) is 36.1. The highest BCUT2D eigenvalue weighted by Gasteiger charge is 2.24. The quantitative estimate of drug-likeness (QED) is 0.173. The molecule has 67 heavy (non-hydrogen) atoms. The van der Waals surface area contributed by atoms with Crippen LogP contribution in [0.15, 0.2) is 218 Å². The maximum absolute atomic E-state index is 5.64. The number of para-hydroxylation sites is 10. The average Bonchev–Trinajstić information content (AvgIpc) is 4.18. The van der Waals surface area contributed by atoms with Gasteiger partial charge in [-0.1, -0.05) is 127 Å². The number of imidazole rings is 2. The summed E-state index contributed by atoms with van der Waals surface area (Å²) in [7, 11) is 0. The average molecular weight is 857 g/mol. The smallest absolute Gasteiger partial charge is 0.220 e. The van der Waals surface area contributed by atoms with E-state index in [9.17, 15) is 0 Å². The number of rotatable bonds is 5. The van der Waals surface area contributed by atoms with Crippen LogP contribution in [0.5, 0.6) is 0 Å². The Labute approximate surface area is 382 Å². The van der Waals surface area contributed by atoms with Gasteiger partial charge in [-0.2, -0.15) is 0 Å². The lowest BCUT2D eigenvalue weighted by atomic mass is 10.1. The van der Waals surface area contributed by atoms with Crippen molar-refractivity contribution in [3.05, 3.63) is 218 Å². The van der Waals surface area contributed by atoms with Crippen molar-refractivity contribution in [1.29, 1.82) is 0 Å². The van der Waals surface area contributed by atoms with Gasteiger partial charge in [0, 0.05) is 49.6 Å². The molecule has 0 N–H and O–H groups in total. The van der Waals surface area contributed by atoms with Gasteiger partial charge in [0.25, 0.3) is 0 Å². The molecule has 0 radical (unpaired) electrons. The second-order valence-electron chi connectivity index (χ2n) is 17.3. The predicted molar refractivity (Wildman–Crippen MR) is 274 cm³/mol. The first-order valence-corrected chi connectivity index (χ1v) is 22.6. The molecule has 9 aromatic carbocycles. The number of benzene rings is 9. The van der Waals surface area contributed by atoms with Crippen molar-refractivity contribution in [2.45, 2.75) is 0 Å². The number of aromatic nitrogens is 8. The highest BCUT2D eigenvalue weighted by Crippen LogP contribution is 2.40. The van der Waals surface area contributed by atoms with Crippen molar-refractivity contribution in [2.75, 3.05) is 0 Å². The van der Waals surface area contributed by atoms with Crippen molar-refractivity contribution < 1.29 is 0 Å². The molecule has 0 atom stereocenters. The molecule has 0 aliphatic rings. The molecule has 6 aromatic heterocycles. The van der Waals surface area contributed by atoms with E-state index in [4.69, 9.17) is 15.0 Å². The molecule has 0 amide bonds. The minimum absolute atomic E-state index is 0.602. The maximum Gasteiger partial charge on any atom is 0.220 e. The molecule has 0 aliphatic heterocycles. The van der Waals surface area contributed by atoms with Gasteiger partial charge in [-0.05, 0) is 84.9 Å². The van der Waals surface area contributed by atoms with Gasteiger partial charge >= 0.3 is 0 Å².